The lowest BCUT2D eigenvalue weighted by molar-refractivity contribution is 0.112. The molecule has 31 heavy (non-hydrogen) atoms. The molecule has 1 aromatic heterocycles. The Hall–Kier alpha value is -3.46. The molecule has 1 heterocycles. The van der Waals surface area contributed by atoms with Gasteiger partial charge in [0.05, 0.1) is 11.0 Å². The zero-order chi connectivity index (χ0) is 20.8. The summed E-state index contributed by atoms with van der Waals surface area (Å²) >= 11 is 0. The van der Waals surface area contributed by atoms with Crippen molar-refractivity contribution >= 4 is 38.9 Å². The largest absolute Gasteiger partial charge is 0.298 e. The molecule has 3 nitrogen and oxygen atoms in total. The van der Waals surface area contributed by atoms with Gasteiger partial charge in [0.1, 0.15) is 12.1 Å². The number of hydrogen-bond donors (Lipinski definition) is 0. The summed E-state index contributed by atoms with van der Waals surface area (Å²) in [5.41, 5.74) is 4.03. The molecular weight excluding hydrogens is 380 g/mol. The second-order valence-corrected chi connectivity index (χ2v) is 8.64. The highest BCUT2D eigenvalue weighted by Gasteiger charge is 2.25. The molecule has 6 rings (SSSR count). The molecule has 0 aliphatic heterocycles. The minimum atomic E-state index is 0.462. The van der Waals surface area contributed by atoms with Crippen molar-refractivity contribution in [2.24, 2.45) is 0 Å². The van der Waals surface area contributed by atoms with Crippen molar-refractivity contribution in [2.75, 3.05) is 0 Å². The van der Waals surface area contributed by atoms with E-state index in [1.165, 1.54) is 59.2 Å². The van der Waals surface area contributed by atoms with Gasteiger partial charge in [0.25, 0.3) is 0 Å². The molecule has 0 N–H and O–H groups in total. The van der Waals surface area contributed by atoms with Gasteiger partial charge in [-0.2, -0.15) is 0 Å². The Labute approximate surface area is 181 Å². The highest BCUT2D eigenvalue weighted by molar-refractivity contribution is 6.23. The highest BCUT2D eigenvalue weighted by Crippen LogP contribution is 2.40. The Bertz CT molecular complexity index is 1420. The van der Waals surface area contributed by atoms with Crippen LogP contribution >= 0.6 is 0 Å². The number of benzene rings is 4. The summed E-state index contributed by atoms with van der Waals surface area (Å²) in [5, 5.41) is 4.94. The van der Waals surface area contributed by atoms with Gasteiger partial charge in [-0.15, -0.1) is 0 Å². The van der Waals surface area contributed by atoms with Crippen LogP contribution in [0.25, 0.3) is 38.3 Å². The highest BCUT2D eigenvalue weighted by atomic mass is 16.1. The van der Waals surface area contributed by atoms with Gasteiger partial charge in [0.15, 0.2) is 0 Å². The van der Waals surface area contributed by atoms with Crippen LogP contribution in [0.15, 0.2) is 72.8 Å². The van der Waals surface area contributed by atoms with Crippen LogP contribution in [0.4, 0.5) is 0 Å². The van der Waals surface area contributed by atoms with E-state index in [0.717, 1.165) is 23.3 Å². The second kappa shape index (κ2) is 7.35. The first kappa shape index (κ1) is 18.3. The molecule has 152 valence electrons. The van der Waals surface area contributed by atoms with Gasteiger partial charge in [-0.25, -0.2) is 4.98 Å². The van der Waals surface area contributed by atoms with Gasteiger partial charge >= 0.3 is 0 Å². The van der Waals surface area contributed by atoms with Crippen molar-refractivity contribution in [3.63, 3.8) is 0 Å². The maximum atomic E-state index is 11.2. The smallest absolute Gasteiger partial charge is 0.150 e. The van der Waals surface area contributed by atoms with E-state index in [0.29, 0.717) is 11.5 Å². The van der Waals surface area contributed by atoms with Crippen molar-refractivity contribution in [1.29, 1.82) is 0 Å². The van der Waals surface area contributed by atoms with E-state index in [2.05, 4.69) is 65.2 Å². The van der Waals surface area contributed by atoms with Crippen LogP contribution in [-0.2, 0) is 0 Å². The Morgan fingerprint density at radius 2 is 1.35 bits per heavy atom. The van der Waals surface area contributed by atoms with Gasteiger partial charge in [0.2, 0.25) is 0 Å². The van der Waals surface area contributed by atoms with E-state index >= 15 is 0 Å². The first-order valence-electron chi connectivity index (χ1n) is 11.2. The molecule has 0 amide bonds. The van der Waals surface area contributed by atoms with E-state index in [9.17, 15) is 4.79 Å². The van der Waals surface area contributed by atoms with Crippen LogP contribution < -0.4 is 0 Å². The first-order chi connectivity index (χ1) is 15.3. The monoisotopic (exact) mass is 404 g/mol. The fourth-order valence-corrected chi connectivity index (χ4v) is 5.32. The Morgan fingerprint density at radius 3 is 2.03 bits per heavy atom. The molecule has 1 aliphatic carbocycles. The summed E-state index contributed by atoms with van der Waals surface area (Å²) in [6.45, 7) is 0. The number of nitrogens with zero attached hydrogens (tertiary/aromatic N) is 2. The van der Waals surface area contributed by atoms with Gasteiger partial charge in [-0.1, -0.05) is 67.8 Å². The molecule has 3 heteroatoms. The lowest BCUT2D eigenvalue weighted by atomic mass is 9.88. The van der Waals surface area contributed by atoms with Gasteiger partial charge in [0, 0.05) is 27.9 Å². The average Bonchev–Trinajstić information content (AvgIpc) is 3.26. The minimum absolute atomic E-state index is 0.462. The van der Waals surface area contributed by atoms with Gasteiger partial charge in [-0.3, -0.25) is 9.36 Å². The topological polar surface area (TPSA) is 34.9 Å². The predicted molar refractivity (Wildman–Crippen MR) is 127 cm³/mol. The van der Waals surface area contributed by atoms with E-state index in [4.69, 9.17) is 4.98 Å². The van der Waals surface area contributed by atoms with Crippen molar-refractivity contribution < 1.29 is 4.79 Å². The summed E-state index contributed by atoms with van der Waals surface area (Å²) in [5.74, 6) is 1.62. The summed E-state index contributed by atoms with van der Waals surface area (Å²) < 4.78 is 2.37. The normalized spacial score (nSPS) is 15.1. The molecule has 1 fully saturated rings. The fourth-order valence-electron chi connectivity index (χ4n) is 5.32. The third-order valence-electron chi connectivity index (χ3n) is 6.82. The summed E-state index contributed by atoms with van der Waals surface area (Å²) in [7, 11) is 0. The van der Waals surface area contributed by atoms with Crippen LogP contribution in [0, 0.1) is 0 Å². The molecule has 1 aliphatic rings. The fraction of sp³-hybridized carbons (Fsp3) is 0.214. The van der Waals surface area contributed by atoms with Crippen molar-refractivity contribution in [1.82, 2.24) is 9.55 Å². The SMILES string of the molecule is O=Cc1ccc(-n2c(C3CCCCC3)nc3c4ccccc4c4ccccc4c32)cc1. The molecule has 5 aromatic rings. The summed E-state index contributed by atoms with van der Waals surface area (Å²) in [4.78, 5) is 16.6. The second-order valence-electron chi connectivity index (χ2n) is 8.64. The number of aldehydes is 1. The number of imidazole rings is 1. The molecule has 1 saturated carbocycles. The maximum Gasteiger partial charge on any atom is 0.150 e. The molecule has 0 bridgehead atoms. The third kappa shape index (κ3) is 2.88. The standard InChI is InChI=1S/C28H24N2O/c31-18-19-14-16-21(17-15-19)30-27-25-13-7-5-11-23(25)22-10-4-6-12-24(22)26(27)29-28(30)20-8-2-1-3-9-20/h4-7,10-18,20H,1-3,8-9H2. The molecule has 0 radical (unpaired) electrons. The average molecular weight is 405 g/mol. The van der Waals surface area contributed by atoms with Crippen LogP contribution in [0.3, 0.4) is 0 Å². The number of rotatable bonds is 3. The third-order valence-corrected chi connectivity index (χ3v) is 6.82. The number of carbonyl (C=O) groups excluding carboxylic acids is 1. The Kier molecular flexibility index (Phi) is 4.34. The van der Waals surface area contributed by atoms with Crippen LogP contribution in [0.2, 0.25) is 0 Å². The number of carbonyl (C=O) groups is 1. The molecule has 0 spiro atoms. The predicted octanol–water partition coefficient (Wildman–Crippen LogP) is 7.19. The lowest BCUT2D eigenvalue weighted by Gasteiger charge is -2.22. The molecule has 4 aromatic carbocycles. The van der Waals surface area contributed by atoms with Gasteiger partial charge < -0.3 is 0 Å². The zero-order valence-electron chi connectivity index (χ0n) is 17.4. The maximum absolute atomic E-state index is 11.2. The van der Waals surface area contributed by atoms with Crippen LogP contribution in [0.5, 0.6) is 0 Å². The lowest BCUT2D eigenvalue weighted by Crippen LogP contribution is -2.11. The van der Waals surface area contributed by atoms with E-state index in [-0.39, 0.29) is 0 Å². The number of aromatic nitrogens is 2. The quantitative estimate of drug-likeness (QED) is 0.235. The Balaban J connectivity index is 1.77. The van der Waals surface area contributed by atoms with Crippen LogP contribution in [0.1, 0.15) is 54.2 Å². The zero-order valence-corrected chi connectivity index (χ0v) is 17.4. The molecule has 0 saturated heterocycles. The van der Waals surface area contributed by atoms with E-state index in [1.54, 1.807) is 0 Å². The molecule has 0 unspecified atom stereocenters. The van der Waals surface area contributed by atoms with E-state index in [1.807, 2.05) is 12.1 Å². The number of hydrogen-bond acceptors (Lipinski definition) is 2. The van der Waals surface area contributed by atoms with Crippen molar-refractivity contribution in [3.05, 3.63) is 84.2 Å². The van der Waals surface area contributed by atoms with Crippen molar-refractivity contribution in [2.45, 2.75) is 38.0 Å². The van der Waals surface area contributed by atoms with Gasteiger partial charge in [-0.05, 0) is 47.9 Å². The molecular formula is C28H24N2O. The van der Waals surface area contributed by atoms with Crippen molar-refractivity contribution in [3.8, 4) is 5.69 Å². The number of fused-ring (bicyclic) bond motifs is 6. The molecule has 0 atom stereocenters. The van der Waals surface area contributed by atoms with Crippen LogP contribution in [-0.4, -0.2) is 15.8 Å². The summed E-state index contributed by atoms with van der Waals surface area (Å²) in [6, 6.07) is 25.2. The first-order valence-corrected chi connectivity index (χ1v) is 11.2. The van der Waals surface area contributed by atoms with E-state index < -0.39 is 0 Å². The Morgan fingerprint density at radius 1 is 0.742 bits per heavy atom. The summed E-state index contributed by atoms with van der Waals surface area (Å²) in [6.07, 6.45) is 7.12. The minimum Gasteiger partial charge on any atom is -0.298 e.